The van der Waals surface area contributed by atoms with Crippen LogP contribution >= 0.6 is 34.8 Å². The zero-order valence-electron chi connectivity index (χ0n) is 8.90. The lowest BCUT2D eigenvalue weighted by Gasteiger charge is -2.16. The molecule has 88 valence electrons. The van der Waals surface area contributed by atoms with Gasteiger partial charge in [0.1, 0.15) is 6.10 Å². The normalized spacial score (nSPS) is 14.2. The van der Waals surface area contributed by atoms with Crippen molar-refractivity contribution in [3.8, 4) is 0 Å². The highest BCUT2D eigenvalue weighted by molar-refractivity contribution is 6.76. The number of rotatable bonds is 5. The Morgan fingerprint density at radius 1 is 1.47 bits per heavy atom. The van der Waals surface area contributed by atoms with Crippen LogP contribution in [0.5, 0.6) is 0 Å². The van der Waals surface area contributed by atoms with Crippen LogP contribution in [0.25, 0.3) is 0 Å². The van der Waals surface area contributed by atoms with Crippen LogP contribution in [-0.4, -0.2) is 15.8 Å². The minimum atomic E-state index is -1.77. The molecule has 0 fully saturated rings. The van der Waals surface area contributed by atoms with Gasteiger partial charge in [-0.2, -0.15) is 0 Å². The number of unbranched alkanes of at least 4 members (excludes halogenated alkanes) is 2. The molecule has 1 unspecified atom stereocenters. The number of hydrogen-bond donors (Lipinski definition) is 1. The maximum Gasteiger partial charge on any atom is 0.265 e. The second kappa shape index (κ2) is 7.37. The zero-order chi connectivity index (χ0) is 11.9. The number of allylic oxidation sites excluding steroid dienone is 1. The van der Waals surface area contributed by atoms with E-state index in [2.05, 4.69) is 6.92 Å². The predicted molar refractivity (Wildman–Crippen MR) is 67.2 cm³/mol. The van der Waals surface area contributed by atoms with E-state index in [9.17, 15) is 0 Å². The number of halogens is 3. The molecule has 0 aliphatic rings. The summed E-state index contributed by atoms with van der Waals surface area (Å²) in [5, 5.41) is 7.34. The fourth-order valence-corrected chi connectivity index (χ4v) is 1.04. The third kappa shape index (κ3) is 7.95. The molecule has 0 bridgehead atoms. The van der Waals surface area contributed by atoms with E-state index in [0.717, 1.165) is 19.3 Å². The van der Waals surface area contributed by atoms with Crippen LogP contribution in [0.15, 0.2) is 12.2 Å². The van der Waals surface area contributed by atoms with Gasteiger partial charge in [0.2, 0.25) is 5.90 Å². The van der Waals surface area contributed by atoms with E-state index < -0.39 is 3.79 Å². The van der Waals surface area contributed by atoms with Gasteiger partial charge in [0, 0.05) is 0 Å². The molecule has 0 radical (unpaired) electrons. The first-order valence-corrected chi connectivity index (χ1v) is 6.00. The molecule has 0 aromatic heterocycles. The summed E-state index contributed by atoms with van der Waals surface area (Å²) < 4.78 is 3.32. The standard InChI is InChI=1S/C10H16Cl3NO/c1-3-4-5-6-7-8(2)15-9(14)10(11,12)13/h6-8,14H,3-5H2,1-2H3/b7-6+,14-9?. The van der Waals surface area contributed by atoms with Crippen LogP contribution in [0.3, 0.4) is 0 Å². The van der Waals surface area contributed by atoms with Crippen LogP contribution in [0, 0.1) is 5.41 Å². The lowest BCUT2D eigenvalue weighted by Crippen LogP contribution is -2.24. The van der Waals surface area contributed by atoms with Crippen LogP contribution in [0.1, 0.15) is 33.1 Å². The molecular weight excluding hydrogens is 256 g/mol. The monoisotopic (exact) mass is 271 g/mol. The maximum atomic E-state index is 7.34. The average Bonchev–Trinajstić information content (AvgIpc) is 2.11. The number of alkyl halides is 3. The van der Waals surface area contributed by atoms with Crippen LogP contribution in [0.2, 0.25) is 0 Å². The smallest absolute Gasteiger partial charge is 0.265 e. The Morgan fingerprint density at radius 3 is 2.53 bits per heavy atom. The van der Waals surface area contributed by atoms with E-state index in [0.29, 0.717) is 0 Å². The molecule has 0 aliphatic carbocycles. The van der Waals surface area contributed by atoms with E-state index in [-0.39, 0.29) is 12.0 Å². The number of ether oxygens (including phenoxy) is 1. The Hall–Kier alpha value is 0.0800. The van der Waals surface area contributed by atoms with E-state index in [1.165, 1.54) is 0 Å². The highest BCUT2D eigenvalue weighted by atomic mass is 35.6. The summed E-state index contributed by atoms with van der Waals surface area (Å²) in [6, 6.07) is 0. The van der Waals surface area contributed by atoms with Gasteiger partial charge in [-0.1, -0.05) is 60.6 Å². The molecule has 0 saturated heterocycles. The first kappa shape index (κ1) is 15.1. The molecule has 15 heavy (non-hydrogen) atoms. The van der Waals surface area contributed by atoms with Gasteiger partial charge in [0.15, 0.2) is 0 Å². The van der Waals surface area contributed by atoms with Crippen molar-refractivity contribution in [1.29, 1.82) is 5.41 Å². The first-order valence-electron chi connectivity index (χ1n) is 4.87. The molecule has 5 heteroatoms. The van der Waals surface area contributed by atoms with Gasteiger partial charge in [-0.25, -0.2) is 0 Å². The summed E-state index contributed by atoms with van der Waals surface area (Å²) in [6.07, 6.45) is 6.94. The third-order valence-electron chi connectivity index (χ3n) is 1.69. The zero-order valence-corrected chi connectivity index (χ0v) is 11.2. The summed E-state index contributed by atoms with van der Waals surface area (Å²) in [7, 11) is 0. The summed E-state index contributed by atoms with van der Waals surface area (Å²) in [4.78, 5) is 0. The van der Waals surface area contributed by atoms with Crippen molar-refractivity contribution in [3.63, 3.8) is 0 Å². The van der Waals surface area contributed by atoms with Gasteiger partial charge in [-0.15, -0.1) is 0 Å². The molecule has 1 N–H and O–H groups in total. The average molecular weight is 273 g/mol. The molecular formula is C10H16Cl3NO. The lowest BCUT2D eigenvalue weighted by atomic mass is 10.2. The van der Waals surface area contributed by atoms with Gasteiger partial charge in [0.05, 0.1) is 0 Å². The lowest BCUT2D eigenvalue weighted by molar-refractivity contribution is 0.248. The molecule has 0 spiro atoms. The van der Waals surface area contributed by atoms with E-state index in [4.69, 9.17) is 44.9 Å². The molecule has 0 aliphatic heterocycles. The number of hydrogen-bond acceptors (Lipinski definition) is 2. The van der Waals surface area contributed by atoms with Crippen molar-refractivity contribution < 1.29 is 4.74 Å². The Labute approximate surface area is 106 Å². The van der Waals surface area contributed by atoms with Crippen molar-refractivity contribution in [2.45, 2.75) is 43.0 Å². The molecule has 0 aromatic rings. The maximum absolute atomic E-state index is 7.34. The molecule has 0 amide bonds. The second-order valence-electron chi connectivity index (χ2n) is 3.22. The Bertz CT molecular complexity index is 223. The first-order chi connectivity index (χ1) is 6.88. The fraction of sp³-hybridized carbons (Fsp3) is 0.700. The van der Waals surface area contributed by atoms with E-state index >= 15 is 0 Å². The van der Waals surface area contributed by atoms with Gasteiger partial charge >= 0.3 is 0 Å². The predicted octanol–water partition coefficient (Wildman–Crippen LogP) is 4.49. The van der Waals surface area contributed by atoms with Crippen LogP contribution in [0.4, 0.5) is 0 Å². The molecule has 0 aromatic carbocycles. The summed E-state index contributed by atoms with van der Waals surface area (Å²) in [6.45, 7) is 3.93. The van der Waals surface area contributed by atoms with Crippen molar-refractivity contribution in [2.24, 2.45) is 0 Å². The Kier molecular flexibility index (Phi) is 7.41. The Balaban J connectivity index is 3.88. The Morgan fingerprint density at radius 2 is 2.07 bits per heavy atom. The number of nitrogens with one attached hydrogen (secondary N) is 1. The molecule has 2 nitrogen and oxygen atoms in total. The van der Waals surface area contributed by atoms with Crippen molar-refractivity contribution in [3.05, 3.63) is 12.2 Å². The van der Waals surface area contributed by atoms with Crippen molar-refractivity contribution in [1.82, 2.24) is 0 Å². The SMILES string of the molecule is CCCC/C=C/C(C)OC(=N)C(Cl)(Cl)Cl. The van der Waals surface area contributed by atoms with Gasteiger partial charge in [0.25, 0.3) is 3.79 Å². The van der Waals surface area contributed by atoms with E-state index in [1.54, 1.807) is 6.92 Å². The minimum absolute atomic E-state index is 0.245. The second-order valence-corrected chi connectivity index (χ2v) is 5.50. The quantitative estimate of drug-likeness (QED) is 0.258. The summed E-state index contributed by atoms with van der Waals surface area (Å²) in [5.74, 6) is -0.347. The van der Waals surface area contributed by atoms with Crippen molar-refractivity contribution in [2.75, 3.05) is 0 Å². The van der Waals surface area contributed by atoms with Gasteiger partial charge in [-0.3, -0.25) is 5.41 Å². The summed E-state index contributed by atoms with van der Waals surface area (Å²) >= 11 is 16.4. The highest BCUT2D eigenvalue weighted by Crippen LogP contribution is 2.28. The molecule has 0 rings (SSSR count). The van der Waals surface area contributed by atoms with Gasteiger partial charge in [-0.05, 0) is 19.4 Å². The largest absolute Gasteiger partial charge is 0.471 e. The van der Waals surface area contributed by atoms with Gasteiger partial charge < -0.3 is 4.74 Å². The van der Waals surface area contributed by atoms with E-state index in [1.807, 2.05) is 12.2 Å². The molecule has 0 saturated carbocycles. The third-order valence-corrected chi connectivity index (χ3v) is 2.21. The van der Waals surface area contributed by atoms with Crippen molar-refractivity contribution >= 4 is 40.7 Å². The molecule has 1 atom stereocenters. The fourth-order valence-electron chi connectivity index (χ4n) is 0.902. The summed E-state index contributed by atoms with van der Waals surface area (Å²) in [5.41, 5.74) is 0. The minimum Gasteiger partial charge on any atom is -0.471 e. The topological polar surface area (TPSA) is 33.1 Å². The van der Waals surface area contributed by atoms with Crippen LogP contribution in [-0.2, 0) is 4.74 Å². The highest BCUT2D eigenvalue weighted by Gasteiger charge is 2.29. The van der Waals surface area contributed by atoms with Crippen LogP contribution < -0.4 is 0 Å². The molecule has 0 heterocycles.